The van der Waals surface area contributed by atoms with E-state index in [2.05, 4.69) is 36.1 Å². The van der Waals surface area contributed by atoms with E-state index in [1.165, 1.54) is 12.8 Å². The number of hydrogen-bond acceptors (Lipinski definition) is 3. The molecule has 21 heavy (non-hydrogen) atoms. The Kier molecular flexibility index (Phi) is 5.69. The zero-order chi connectivity index (χ0) is 15.6. The van der Waals surface area contributed by atoms with Gasteiger partial charge in [-0.3, -0.25) is 9.58 Å². The molecule has 0 saturated carbocycles. The van der Waals surface area contributed by atoms with Gasteiger partial charge in [-0.2, -0.15) is 5.10 Å². The second-order valence-electron chi connectivity index (χ2n) is 6.60. The minimum Gasteiger partial charge on any atom is -0.311 e. The second-order valence-corrected chi connectivity index (χ2v) is 6.98. The summed E-state index contributed by atoms with van der Waals surface area (Å²) in [5.41, 5.74) is 2.07. The third kappa shape index (κ3) is 3.79. The highest BCUT2D eigenvalue weighted by molar-refractivity contribution is 6.31. The average Bonchev–Trinajstić information content (AvgIpc) is 2.67. The Balaban J connectivity index is 2.15. The predicted octanol–water partition coefficient (Wildman–Crippen LogP) is 2.98. The molecule has 1 aromatic rings. The van der Waals surface area contributed by atoms with Gasteiger partial charge in [-0.05, 0) is 19.3 Å². The van der Waals surface area contributed by atoms with Gasteiger partial charge in [-0.25, -0.2) is 0 Å². The van der Waals surface area contributed by atoms with E-state index < -0.39 is 0 Å². The fourth-order valence-corrected chi connectivity index (χ4v) is 3.40. The zero-order valence-electron chi connectivity index (χ0n) is 14.0. The summed E-state index contributed by atoms with van der Waals surface area (Å²) in [6.45, 7) is 11.9. The Labute approximate surface area is 133 Å². The lowest BCUT2D eigenvalue weighted by atomic mass is 9.97. The minimum atomic E-state index is 0.561. The highest BCUT2D eigenvalue weighted by Crippen LogP contribution is 2.24. The topological polar surface area (TPSA) is 33.1 Å². The van der Waals surface area contributed by atoms with Crippen molar-refractivity contribution in [1.29, 1.82) is 0 Å². The number of rotatable bonds is 5. The van der Waals surface area contributed by atoms with Crippen LogP contribution in [0.25, 0.3) is 0 Å². The van der Waals surface area contributed by atoms with Crippen LogP contribution >= 0.6 is 11.6 Å². The van der Waals surface area contributed by atoms with Crippen molar-refractivity contribution in [1.82, 2.24) is 20.0 Å². The van der Waals surface area contributed by atoms with Crippen molar-refractivity contribution in [2.45, 2.75) is 59.2 Å². The predicted molar refractivity (Wildman–Crippen MR) is 88.7 cm³/mol. The molecule has 0 spiro atoms. The van der Waals surface area contributed by atoms with Crippen molar-refractivity contribution in [2.75, 3.05) is 13.1 Å². The van der Waals surface area contributed by atoms with Crippen LogP contribution in [0, 0.1) is 12.8 Å². The van der Waals surface area contributed by atoms with E-state index in [4.69, 9.17) is 11.6 Å². The molecule has 2 rings (SSSR count). The summed E-state index contributed by atoms with van der Waals surface area (Å²) in [6, 6.07) is 1.16. The molecule has 1 aromatic heterocycles. The van der Waals surface area contributed by atoms with Gasteiger partial charge in [0.2, 0.25) is 0 Å². The van der Waals surface area contributed by atoms with Crippen molar-refractivity contribution in [3.05, 3.63) is 16.4 Å². The number of nitrogens with one attached hydrogen (secondary N) is 1. The Morgan fingerprint density at radius 2 is 2.14 bits per heavy atom. The Hall–Kier alpha value is -0.580. The van der Waals surface area contributed by atoms with Gasteiger partial charge in [0.05, 0.1) is 16.4 Å². The Morgan fingerprint density at radius 3 is 2.67 bits per heavy atom. The first-order valence-corrected chi connectivity index (χ1v) is 8.47. The summed E-state index contributed by atoms with van der Waals surface area (Å²) in [5.74, 6) is 0.652. The van der Waals surface area contributed by atoms with Crippen LogP contribution in [0.1, 0.15) is 45.0 Å². The second kappa shape index (κ2) is 7.12. The van der Waals surface area contributed by atoms with Gasteiger partial charge in [-0.15, -0.1) is 0 Å². The maximum absolute atomic E-state index is 6.43. The molecule has 120 valence electrons. The highest BCUT2D eigenvalue weighted by atomic mass is 35.5. The van der Waals surface area contributed by atoms with Gasteiger partial charge in [0.25, 0.3) is 0 Å². The van der Waals surface area contributed by atoms with Crippen molar-refractivity contribution in [3.63, 3.8) is 0 Å². The van der Waals surface area contributed by atoms with E-state index >= 15 is 0 Å². The number of nitrogens with zero attached hydrogens (tertiary/aromatic N) is 3. The quantitative estimate of drug-likeness (QED) is 0.907. The number of aromatic nitrogens is 2. The van der Waals surface area contributed by atoms with Crippen molar-refractivity contribution in [3.8, 4) is 0 Å². The third-order valence-electron chi connectivity index (χ3n) is 4.60. The minimum absolute atomic E-state index is 0.561. The van der Waals surface area contributed by atoms with Crippen molar-refractivity contribution < 1.29 is 0 Å². The first-order chi connectivity index (χ1) is 9.93. The molecule has 1 aliphatic heterocycles. The fourth-order valence-electron chi connectivity index (χ4n) is 3.19. The van der Waals surface area contributed by atoms with Gasteiger partial charge in [0, 0.05) is 38.8 Å². The number of aryl methyl sites for hydroxylation is 2. The summed E-state index contributed by atoms with van der Waals surface area (Å²) in [5, 5.41) is 8.98. The molecule has 1 aliphatic rings. The van der Waals surface area contributed by atoms with Crippen LogP contribution in [0.5, 0.6) is 0 Å². The Morgan fingerprint density at radius 1 is 1.43 bits per heavy atom. The van der Waals surface area contributed by atoms with Gasteiger partial charge in [0.1, 0.15) is 0 Å². The SMILES string of the molecule is CCCC1CNC(C(C)C)CN1Cc1c(Cl)c(C)nn1C. The summed E-state index contributed by atoms with van der Waals surface area (Å²) < 4.78 is 1.94. The molecule has 5 heteroatoms. The van der Waals surface area contributed by atoms with Crippen LogP contribution in [0.15, 0.2) is 0 Å². The van der Waals surface area contributed by atoms with Crippen molar-refractivity contribution in [2.24, 2.45) is 13.0 Å². The molecular formula is C16H29ClN4. The van der Waals surface area contributed by atoms with E-state index in [0.29, 0.717) is 18.0 Å². The summed E-state index contributed by atoms with van der Waals surface area (Å²) in [6.07, 6.45) is 2.44. The zero-order valence-corrected chi connectivity index (χ0v) is 14.7. The monoisotopic (exact) mass is 312 g/mol. The molecule has 1 N–H and O–H groups in total. The lowest BCUT2D eigenvalue weighted by Crippen LogP contribution is -2.57. The summed E-state index contributed by atoms with van der Waals surface area (Å²) >= 11 is 6.43. The molecule has 0 radical (unpaired) electrons. The van der Waals surface area contributed by atoms with Crippen LogP contribution in [0.4, 0.5) is 0 Å². The van der Waals surface area contributed by atoms with Crippen LogP contribution in [-0.2, 0) is 13.6 Å². The molecule has 0 aliphatic carbocycles. The molecule has 2 atom stereocenters. The largest absolute Gasteiger partial charge is 0.311 e. The first-order valence-electron chi connectivity index (χ1n) is 8.09. The standard InChI is InChI=1S/C16H29ClN4/c1-6-7-13-8-18-14(11(2)3)9-21(13)10-15-16(17)12(4)19-20(15)5/h11,13-14,18H,6-10H2,1-5H3. The summed E-state index contributed by atoms with van der Waals surface area (Å²) in [7, 11) is 1.99. The lowest BCUT2D eigenvalue weighted by Gasteiger charge is -2.42. The average molecular weight is 313 g/mol. The number of hydrogen-bond donors (Lipinski definition) is 1. The first kappa shape index (κ1) is 16.8. The Bertz CT molecular complexity index is 469. The molecule has 1 fully saturated rings. The molecule has 0 aromatic carbocycles. The third-order valence-corrected chi connectivity index (χ3v) is 5.10. The molecule has 0 bridgehead atoms. The van der Waals surface area contributed by atoms with Crippen molar-refractivity contribution >= 4 is 11.6 Å². The van der Waals surface area contributed by atoms with Gasteiger partial charge >= 0.3 is 0 Å². The van der Waals surface area contributed by atoms with Crippen LogP contribution in [0.3, 0.4) is 0 Å². The van der Waals surface area contributed by atoms with E-state index in [-0.39, 0.29) is 0 Å². The fraction of sp³-hybridized carbons (Fsp3) is 0.812. The van der Waals surface area contributed by atoms with E-state index in [1.54, 1.807) is 0 Å². The van der Waals surface area contributed by atoms with Crippen LogP contribution in [0.2, 0.25) is 5.02 Å². The van der Waals surface area contributed by atoms with Gasteiger partial charge in [0.15, 0.2) is 0 Å². The van der Waals surface area contributed by atoms with Crippen LogP contribution in [-0.4, -0.2) is 39.9 Å². The maximum Gasteiger partial charge on any atom is 0.0860 e. The smallest absolute Gasteiger partial charge is 0.0860 e. The molecule has 1 saturated heterocycles. The molecule has 4 nitrogen and oxygen atoms in total. The van der Waals surface area contributed by atoms with Gasteiger partial charge in [-0.1, -0.05) is 38.8 Å². The molecule has 2 unspecified atom stereocenters. The normalized spacial score (nSPS) is 24.0. The number of piperazine rings is 1. The lowest BCUT2D eigenvalue weighted by molar-refractivity contribution is 0.0973. The highest BCUT2D eigenvalue weighted by Gasteiger charge is 2.30. The van der Waals surface area contributed by atoms with E-state index in [0.717, 1.165) is 36.0 Å². The molecular weight excluding hydrogens is 284 g/mol. The molecule has 0 amide bonds. The van der Waals surface area contributed by atoms with Gasteiger partial charge < -0.3 is 5.32 Å². The number of halogens is 1. The maximum atomic E-state index is 6.43. The van der Waals surface area contributed by atoms with E-state index in [9.17, 15) is 0 Å². The van der Waals surface area contributed by atoms with E-state index in [1.807, 2.05) is 18.7 Å². The molecule has 2 heterocycles. The summed E-state index contributed by atoms with van der Waals surface area (Å²) in [4.78, 5) is 2.59. The van der Waals surface area contributed by atoms with Crippen LogP contribution < -0.4 is 5.32 Å².